The quantitative estimate of drug-likeness (QED) is 0.339. The Labute approximate surface area is 203 Å². The van der Waals surface area contributed by atoms with Gasteiger partial charge in [0.25, 0.3) is 0 Å². The van der Waals surface area contributed by atoms with Crippen LogP contribution < -0.4 is 0 Å². The molecule has 0 aromatic heterocycles. The van der Waals surface area contributed by atoms with Gasteiger partial charge in [0.15, 0.2) is 0 Å². The number of allylic oxidation sites excluding steroid dienone is 11. The molecule has 0 amide bonds. The molecule has 0 N–H and O–H groups in total. The second kappa shape index (κ2) is 9.28. The summed E-state index contributed by atoms with van der Waals surface area (Å²) in [4.78, 5) is 1.48. The van der Waals surface area contributed by atoms with Gasteiger partial charge in [0.2, 0.25) is 0 Å². The molecule has 0 spiro atoms. The SMILES string of the molecule is CC(C)(C)C1=CC(C=CC=C2C=C(C(C)(C)C)[Se]C(C(C)(C)C)=C2)=CC(C(C)(C)C)S1. The molecule has 0 bridgehead atoms. The summed E-state index contributed by atoms with van der Waals surface area (Å²) in [5.74, 6) is 0. The number of hydrogen-bond donors (Lipinski definition) is 0. The van der Waals surface area contributed by atoms with Crippen LogP contribution in [0.15, 0.2) is 67.5 Å². The summed E-state index contributed by atoms with van der Waals surface area (Å²) < 4.78 is 3.17. The van der Waals surface area contributed by atoms with Crippen LogP contribution in [0.2, 0.25) is 0 Å². The van der Waals surface area contributed by atoms with Gasteiger partial charge in [-0.3, -0.25) is 0 Å². The second-order valence-corrected chi connectivity index (χ2v) is 16.4. The predicted molar refractivity (Wildman–Crippen MR) is 145 cm³/mol. The van der Waals surface area contributed by atoms with E-state index in [2.05, 4.69) is 126 Å². The van der Waals surface area contributed by atoms with Crippen LogP contribution in [0.1, 0.15) is 83.1 Å². The van der Waals surface area contributed by atoms with Crippen molar-refractivity contribution in [3.05, 3.63) is 67.5 Å². The van der Waals surface area contributed by atoms with Crippen LogP contribution in [0.3, 0.4) is 0 Å². The van der Waals surface area contributed by atoms with Crippen molar-refractivity contribution >= 4 is 26.7 Å². The number of thioether (sulfide) groups is 1. The van der Waals surface area contributed by atoms with Crippen molar-refractivity contribution in [2.75, 3.05) is 0 Å². The molecule has 0 saturated heterocycles. The first-order chi connectivity index (χ1) is 13.9. The van der Waals surface area contributed by atoms with Gasteiger partial charge in [-0.15, -0.1) is 0 Å². The van der Waals surface area contributed by atoms with E-state index in [0.717, 1.165) is 0 Å². The van der Waals surface area contributed by atoms with E-state index in [1.165, 1.54) is 16.1 Å². The third kappa shape index (κ3) is 7.69. The summed E-state index contributed by atoms with van der Waals surface area (Å²) in [6.07, 6.45) is 16.5. The maximum atomic E-state index is 2.45. The zero-order chi connectivity index (χ0) is 23.8. The van der Waals surface area contributed by atoms with Crippen molar-refractivity contribution in [1.29, 1.82) is 0 Å². The topological polar surface area (TPSA) is 0 Å². The normalized spacial score (nSPS) is 21.5. The first-order valence-electron chi connectivity index (χ1n) is 11.5. The molecular weight excluding hydrogens is 459 g/mol. The summed E-state index contributed by atoms with van der Waals surface area (Å²) >= 11 is 2.47. The van der Waals surface area contributed by atoms with Crippen LogP contribution in [0.5, 0.6) is 0 Å². The summed E-state index contributed by atoms with van der Waals surface area (Å²) in [6.45, 7) is 28.1. The van der Waals surface area contributed by atoms with Gasteiger partial charge in [-0.1, -0.05) is 0 Å². The minimum absolute atomic E-state index is 0.181. The van der Waals surface area contributed by atoms with Gasteiger partial charge in [-0.2, -0.15) is 0 Å². The fourth-order valence-corrected chi connectivity index (χ4v) is 7.14. The van der Waals surface area contributed by atoms with Crippen molar-refractivity contribution in [3.63, 3.8) is 0 Å². The van der Waals surface area contributed by atoms with Gasteiger partial charge in [0, 0.05) is 0 Å². The Morgan fingerprint density at radius 3 is 1.68 bits per heavy atom. The van der Waals surface area contributed by atoms with Crippen molar-refractivity contribution in [3.8, 4) is 0 Å². The molecule has 0 saturated carbocycles. The third-order valence-electron chi connectivity index (χ3n) is 5.36. The van der Waals surface area contributed by atoms with Crippen molar-refractivity contribution in [2.24, 2.45) is 21.7 Å². The Morgan fingerprint density at radius 2 is 1.26 bits per heavy atom. The van der Waals surface area contributed by atoms with E-state index in [-0.39, 0.29) is 21.7 Å². The molecule has 1 unspecified atom stereocenters. The Kier molecular flexibility index (Phi) is 7.95. The summed E-state index contributed by atoms with van der Waals surface area (Å²) in [5.41, 5.74) is 3.53. The van der Waals surface area contributed by atoms with Crippen LogP contribution >= 0.6 is 11.8 Å². The molecule has 172 valence electrons. The molecule has 0 fully saturated rings. The summed E-state index contributed by atoms with van der Waals surface area (Å²) in [5, 5.41) is 0.496. The average molecular weight is 504 g/mol. The fourth-order valence-electron chi connectivity index (χ4n) is 3.13. The number of rotatable bonds is 2. The standard InChI is InChI=1S/C29H44SSe/c1-26(2,3)22-16-20(17-23(30-22)27(4,5)6)14-13-15-21-18-24(28(7,8)9)31-25(19-21)29(10,11)12/h13-19,22H,1-12H3. The van der Waals surface area contributed by atoms with E-state index in [1.807, 2.05) is 11.8 Å². The van der Waals surface area contributed by atoms with Crippen molar-refractivity contribution in [1.82, 2.24) is 0 Å². The summed E-state index contributed by atoms with van der Waals surface area (Å²) in [6, 6.07) is 0. The van der Waals surface area contributed by atoms with Crippen molar-refractivity contribution in [2.45, 2.75) is 88.3 Å². The minimum atomic E-state index is 0.181. The van der Waals surface area contributed by atoms with E-state index in [1.54, 1.807) is 8.94 Å². The Bertz CT molecular complexity index is 828. The molecule has 0 aliphatic carbocycles. The molecule has 0 nitrogen and oxygen atoms in total. The van der Waals surface area contributed by atoms with Gasteiger partial charge < -0.3 is 0 Å². The van der Waals surface area contributed by atoms with E-state index in [4.69, 9.17) is 0 Å². The van der Waals surface area contributed by atoms with Gasteiger partial charge in [0.05, 0.1) is 0 Å². The predicted octanol–water partition coefficient (Wildman–Crippen LogP) is 9.06. The first-order valence-corrected chi connectivity index (χ1v) is 14.1. The summed E-state index contributed by atoms with van der Waals surface area (Å²) in [7, 11) is 0. The molecule has 2 rings (SSSR count). The second-order valence-electron chi connectivity index (χ2n) is 13.0. The van der Waals surface area contributed by atoms with Crippen LogP contribution in [-0.2, 0) is 0 Å². The van der Waals surface area contributed by atoms with E-state index < -0.39 is 0 Å². The van der Waals surface area contributed by atoms with Gasteiger partial charge >= 0.3 is 204 Å². The van der Waals surface area contributed by atoms with Crippen molar-refractivity contribution < 1.29 is 0 Å². The zero-order valence-corrected chi connectivity index (χ0v) is 24.5. The molecule has 0 aromatic rings. The van der Waals surface area contributed by atoms with Gasteiger partial charge in [0.1, 0.15) is 0 Å². The van der Waals surface area contributed by atoms with Crippen LogP contribution in [-0.4, -0.2) is 20.2 Å². The first kappa shape index (κ1) is 26.6. The molecule has 2 aliphatic rings. The molecule has 2 aliphatic heterocycles. The monoisotopic (exact) mass is 504 g/mol. The average Bonchev–Trinajstić information content (AvgIpc) is 2.58. The van der Waals surface area contributed by atoms with Crippen LogP contribution in [0.25, 0.3) is 0 Å². The van der Waals surface area contributed by atoms with E-state index >= 15 is 0 Å². The van der Waals surface area contributed by atoms with Gasteiger partial charge in [-0.05, 0) is 0 Å². The molecule has 2 heteroatoms. The third-order valence-corrected chi connectivity index (χ3v) is 11.4. The van der Waals surface area contributed by atoms with E-state index in [0.29, 0.717) is 20.2 Å². The van der Waals surface area contributed by atoms with E-state index in [9.17, 15) is 0 Å². The van der Waals surface area contributed by atoms with Crippen LogP contribution in [0.4, 0.5) is 0 Å². The zero-order valence-electron chi connectivity index (χ0n) is 21.9. The van der Waals surface area contributed by atoms with Gasteiger partial charge in [-0.25, -0.2) is 0 Å². The number of hydrogen-bond acceptors (Lipinski definition) is 1. The fraction of sp³-hybridized carbons (Fsp3) is 0.586. The Hall–Kier alpha value is -0.691. The molecule has 31 heavy (non-hydrogen) atoms. The molecule has 0 aromatic carbocycles. The molecule has 2 heterocycles. The molecule has 0 radical (unpaired) electrons. The maximum absolute atomic E-state index is 2.45. The van der Waals surface area contributed by atoms with Crippen LogP contribution in [0, 0.1) is 21.7 Å². The Balaban J connectivity index is 2.40. The Morgan fingerprint density at radius 1 is 0.742 bits per heavy atom. The molecular formula is C29H44SSe. The molecule has 1 atom stereocenters.